The Morgan fingerprint density at radius 2 is 1.79 bits per heavy atom. The number of carbonyl (C=O) groups is 1. The van der Waals surface area contributed by atoms with Crippen LogP contribution in [0.4, 0.5) is 0 Å². The quantitative estimate of drug-likeness (QED) is 0.413. The number of nitrogens with one attached hydrogen (secondary N) is 1. The summed E-state index contributed by atoms with van der Waals surface area (Å²) in [6.07, 6.45) is 0.684. The van der Waals surface area contributed by atoms with Crippen LogP contribution in [0.5, 0.6) is 11.5 Å². The molecule has 1 aliphatic heterocycles. The van der Waals surface area contributed by atoms with Crippen molar-refractivity contribution in [2.45, 2.75) is 12.5 Å². The smallest absolute Gasteiger partial charge is 0.273 e. The Balaban J connectivity index is 1.54. The summed E-state index contributed by atoms with van der Waals surface area (Å²) in [4.78, 5) is 15.3. The molecule has 1 aromatic heterocycles. The molecule has 2 heterocycles. The first-order chi connectivity index (χ1) is 16.1. The Bertz CT molecular complexity index is 1300. The van der Waals surface area contributed by atoms with Gasteiger partial charge in [0.1, 0.15) is 22.9 Å². The second kappa shape index (κ2) is 8.64. The number of phenolic OH excluding ortho intramolecular Hbond substituents is 1. The van der Waals surface area contributed by atoms with Crippen LogP contribution < -0.4 is 4.74 Å². The molecule has 7 heteroatoms. The molecule has 5 rings (SSSR count). The minimum Gasteiger partial charge on any atom is -0.507 e. The van der Waals surface area contributed by atoms with Gasteiger partial charge in [-0.2, -0.15) is 5.10 Å². The lowest BCUT2D eigenvalue weighted by atomic mass is 9.95. The molecular formula is C26H22ClN3O3. The number of nitrogens with zero attached hydrogens (tertiary/aromatic N) is 2. The van der Waals surface area contributed by atoms with E-state index in [0.29, 0.717) is 34.9 Å². The molecule has 1 amide bonds. The molecule has 1 atom stereocenters. The number of phenols is 1. The molecule has 0 saturated heterocycles. The number of ether oxygens (including phenoxy) is 1. The lowest BCUT2D eigenvalue weighted by Gasteiger charge is -2.26. The van der Waals surface area contributed by atoms with Gasteiger partial charge in [-0.1, -0.05) is 48.0 Å². The predicted octanol–water partition coefficient (Wildman–Crippen LogP) is 5.23. The number of rotatable bonds is 6. The van der Waals surface area contributed by atoms with Gasteiger partial charge in [0.05, 0.1) is 13.2 Å². The number of methoxy groups -OCH3 is 1. The Kier molecular flexibility index (Phi) is 5.52. The number of aromatic amines is 1. The van der Waals surface area contributed by atoms with Crippen molar-refractivity contribution in [1.82, 2.24) is 15.1 Å². The fraction of sp³-hybridized carbons (Fsp3) is 0.154. The predicted molar refractivity (Wildman–Crippen MR) is 127 cm³/mol. The van der Waals surface area contributed by atoms with Crippen molar-refractivity contribution in [3.8, 4) is 22.8 Å². The number of para-hydroxylation sites is 1. The number of halogens is 1. The summed E-state index contributed by atoms with van der Waals surface area (Å²) in [7, 11) is 1.64. The van der Waals surface area contributed by atoms with Crippen LogP contribution in [0.1, 0.15) is 33.2 Å². The number of H-pyrrole nitrogens is 1. The Hall–Kier alpha value is -3.77. The average molecular weight is 460 g/mol. The molecule has 0 radical (unpaired) electrons. The first-order valence-electron chi connectivity index (χ1n) is 10.6. The van der Waals surface area contributed by atoms with Crippen molar-refractivity contribution >= 4 is 17.5 Å². The van der Waals surface area contributed by atoms with Gasteiger partial charge in [0.15, 0.2) is 0 Å². The monoisotopic (exact) mass is 459 g/mol. The normalized spacial score (nSPS) is 15.0. The van der Waals surface area contributed by atoms with E-state index in [1.54, 1.807) is 25.3 Å². The average Bonchev–Trinajstić information content (AvgIpc) is 3.38. The number of aromatic hydroxyl groups is 1. The Morgan fingerprint density at radius 3 is 2.48 bits per heavy atom. The van der Waals surface area contributed by atoms with Crippen LogP contribution in [0.25, 0.3) is 11.3 Å². The van der Waals surface area contributed by atoms with Crippen LogP contribution >= 0.6 is 11.6 Å². The van der Waals surface area contributed by atoms with Crippen molar-refractivity contribution in [1.29, 1.82) is 0 Å². The Morgan fingerprint density at radius 1 is 1.06 bits per heavy atom. The van der Waals surface area contributed by atoms with Gasteiger partial charge in [0.2, 0.25) is 0 Å². The second-order valence-corrected chi connectivity index (χ2v) is 8.37. The van der Waals surface area contributed by atoms with E-state index in [1.807, 2.05) is 59.5 Å². The van der Waals surface area contributed by atoms with E-state index in [-0.39, 0.29) is 17.7 Å². The molecule has 2 N–H and O–H groups in total. The Labute approximate surface area is 196 Å². The molecular weight excluding hydrogens is 438 g/mol. The van der Waals surface area contributed by atoms with Gasteiger partial charge in [-0.15, -0.1) is 0 Å². The lowest BCUT2D eigenvalue weighted by molar-refractivity contribution is 0.0746. The number of aromatic nitrogens is 2. The summed E-state index contributed by atoms with van der Waals surface area (Å²) < 4.78 is 5.24. The molecule has 0 unspecified atom stereocenters. The molecule has 0 fully saturated rings. The first kappa shape index (κ1) is 21.1. The van der Waals surface area contributed by atoms with E-state index < -0.39 is 0 Å². The van der Waals surface area contributed by atoms with E-state index in [1.165, 1.54) is 0 Å². The largest absolute Gasteiger partial charge is 0.507 e. The number of benzene rings is 3. The maximum atomic E-state index is 13.4. The highest BCUT2D eigenvalue weighted by atomic mass is 35.5. The standard InChI is InChI=1S/C26H22ClN3O3/c1-33-19-12-6-16(7-13-19)14-15-30-25(17-8-10-18(27)11-9-17)22-23(28-29-24(22)26(30)32)20-4-2-3-5-21(20)31/h2-13,25,31H,14-15H2,1H3,(H,28,29)/t25-/m0/s1. The summed E-state index contributed by atoms with van der Waals surface area (Å²) in [5.74, 6) is 0.793. The van der Waals surface area contributed by atoms with Gasteiger partial charge < -0.3 is 14.7 Å². The zero-order valence-corrected chi connectivity index (χ0v) is 18.7. The minimum atomic E-state index is -0.351. The van der Waals surface area contributed by atoms with Gasteiger partial charge in [0, 0.05) is 22.7 Å². The first-order valence-corrected chi connectivity index (χ1v) is 11.0. The van der Waals surface area contributed by atoms with E-state index in [4.69, 9.17) is 16.3 Å². The van der Waals surface area contributed by atoms with E-state index in [2.05, 4.69) is 10.2 Å². The second-order valence-electron chi connectivity index (χ2n) is 7.93. The fourth-order valence-corrected chi connectivity index (χ4v) is 4.47. The maximum absolute atomic E-state index is 13.4. The molecule has 166 valence electrons. The summed E-state index contributed by atoms with van der Waals surface area (Å²) in [6, 6.07) is 22.0. The van der Waals surface area contributed by atoms with Crippen LogP contribution in [-0.4, -0.2) is 39.8 Å². The van der Waals surface area contributed by atoms with Crippen molar-refractivity contribution < 1.29 is 14.6 Å². The third-order valence-corrected chi connectivity index (χ3v) is 6.26. The van der Waals surface area contributed by atoms with Crippen LogP contribution in [0, 0.1) is 0 Å². The van der Waals surface area contributed by atoms with Gasteiger partial charge >= 0.3 is 0 Å². The van der Waals surface area contributed by atoms with Crippen molar-refractivity contribution in [3.63, 3.8) is 0 Å². The minimum absolute atomic E-state index is 0.116. The third kappa shape index (κ3) is 3.83. The molecule has 6 nitrogen and oxygen atoms in total. The van der Waals surface area contributed by atoms with Gasteiger partial charge in [-0.05, 0) is 53.9 Å². The summed E-state index contributed by atoms with van der Waals surface area (Å²) >= 11 is 6.13. The third-order valence-electron chi connectivity index (χ3n) is 6.01. The van der Waals surface area contributed by atoms with Gasteiger partial charge in [-0.25, -0.2) is 0 Å². The molecule has 0 aliphatic carbocycles. The molecule has 0 saturated carbocycles. The van der Waals surface area contributed by atoms with Crippen LogP contribution in [0.15, 0.2) is 72.8 Å². The molecule has 0 bridgehead atoms. The summed E-state index contributed by atoms with van der Waals surface area (Å²) in [5, 5.41) is 18.4. The van der Waals surface area contributed by atoms with Crippen molar-refractivity contribution in [2.75, 3.05) is 13.7 Å². The van der Waals surface area contributed by atoms with Gasteiger partial charge in [0.25, 0.3) is 5.91 Å². The number of amides is 1. The van der Waals surface area contributed by atoms with Crippen LogP contribution in [0.2, 0.25) is 5.02 Å². The van der Waals surface area contributed by atoms with Crippen LogP contribution in [-0.2, 0) is 6.42 Å². The molecule has 33 heavy (non-hydrogen) atoms. The highest BCUT2D eigenvalue weighted by Crippen LogP contribution is 2.44. The van der Waals surface area contributed by atoms with Crippen molar-refractivity contribution in [3.05, 3.63) is 100 Å². The zero-order chi connectivity index (χ0) is 22.9. The topological polar surface area (TPSA) is 78.5 Å². The number of hydrogen-bond donors (Lipinski definition) is 2. The maximum Gasteiger partial charge on any atom is 0.273 e. The van der Waals surface area contributed by atoms with E-state index >= 15 is 0 Å². The highest BCUT2D eigenvalue weighted by molar-refractivity contribution is 6.30. The fourth-order valence-electron chi connectivity index (χ4n) is 4.34. The summed E-state index contributed by atoms with van der Waals surface area (Å²) in [6.45, 7) is 0.515. The molecule has 0 spiro atoms. The van der Waals surface area contributed by atoms with E-state index in [0.717, 1.165) is 22.4 Å². The SMILES string of the molecule is COc1ccc(CCN2C(=O)c3[nH]nc(-c4ccccc4O)c3[C@@H]2c2ccc(Cl)cc2)cc1. The van der Waals surface area contributed by atoms with Crippen LogP contribution in [0.3, 0.4) is 0 Å². The lowest BCUT2D eigenvalue weighted by Crippen LogP contribution is -2.31. The van der Waals surface area contributed by atoms with E-state index in [9.17, 15) is 9.90 Å². The molecule has 3 aromatic carbocycles. The number of hydrogen-bond acceptors (Lipinski definition) is 4. The zero-order valence-electron chi connectivity index (χ0n) is 18.0. The summed E-state index contributed by atoms with van der Waals surface area (Å²) in [5.41, 5.74) is 4.40. The number of fused-ring (bicyclic) bond motifs is 1. The highest BCUT2D eigenvalue weighted by Gasteiger charge is 2.42. The molecule has 4 aromatic rings. The number of carbonyl (C=O) groups excluding carboxylic acids is 1. The van der Waals surface area contributed by atoms with Crippen molar-refractivity contribution in [2.24, 2.45) is 0 Å². The van der Waals surface area contributed by atoms with Gasteiger partial charge in [-0.3, -0.25) is 9.89 Å². The molecule has 1 aliphatic rings.